The van der Waals surface area contributed by atoms with E-state index >= 15 is 0 Å². The van der Waals surface area contributed by atoms with Crippen LogP contribution in [0.1, 0.15) is 55.8 Å². The molecule has 0 bridgehead atoms. The zero-order chi connectivity index (χ0) is 18.1. The SMILES string of the molecule is CC(=O)Oc1ccc2cc(C(=O)N3CCC[C@@H]4CCCC[C@@H]43)ccc2c1. The fraction of sp³-hybridized carbons (Fsp3) is 0.455. The molecule has 1 aliphatic carbocycles. The van der Waals surface area contributed by atoms with Crippen molar-refractivity contribution in [2.75, 3.05) is 6.54 Å². The molecule has 4 rings (SSSR count). The van der Waals surface area contributed by atoms with Gasteiger partial charge in [0, 0.05) is 25.1 Å². The van der Waals surface area contributed by atoms with E-state index in [2.05, 4.69) is 4.90 Å². The van der Waals surface area contributed by atoms with Crippen LogP contribution >= 0.6 is 0 Å². The Labute approximate surface area is 154 Å². The lowest BCUT2D eigenvalue weighted by atomic mass is 9.78. The first-order valence-corrected chi connectivity index (χ1v) is 9.65. The minimum absolute atomic E-state index is 0.160. The van der Waals surface area contributed by atoms with Gasteiger partial charge in [-0.05, 0) is 66.6 Å². The van der Waals surface area contributed by atoms with Crippen LogP contribution in [0.15, 0.2) is 36.4 Å². The van der Waals surface area contributed by atoms with Crippen molar-refractivity contribution in [2.24, 2.45) is 5.92 Å². The Morgan fingerprint density at radius 2 is 1.69 bits per heavy atom. The smallest absolute Gasteiger partial charge is 0.308 e. The van der Waals surface area contributed by atoms with Gasteiger partial charge in [0.1, 0.15) is 5.75 Å². The number of hydrogen-bond donors (Lipinski definition) is 0. The first kappa shape index (κ1) is 17.1. The van der Waals surface area contributed by atoms with Gasteiger partial charge in [-0.1, -0.05) is 25.0 Å². The second-order valence-electron chi connectivity index (χ2n) is 7.57. The van der Waals surface area contributed by atoms with Crippen LogP contribution in [0.4, 0.5) is 0 Å². The van der Waals surface area contributed by atoms with Crippen LogP contribution in [0.5, 0.6) is 5.75 Å². The summed E-state index contributed by atoms with van der Waals surface area (Å²) in [5.41, 5.74) is 0.754. The zero-order valence-corrected chi connectivity index (χ0v) is 15.2. The van der Waals surface area contributed by atoms with E-state index in [-0.39, 0.29) is 11.9 Å². The van der Waals surface area contributed by atoms with Gasteiger partial charge in [0.2, 0.25) is 0 Å². The maximum atomic E-state index is 13.2. The summed E-state index contributed by atoms with van der Waals surface area (Å²) in [5, 5.41) is 1.96. The molecule has 2 atom stereocenters. The Morgan fingerprint density at radius 3 is 2.54 bits per heavy atom. The first-order valence-electron chi connectivity index (χ1n) is 9.65. The number of hydrogen-bond acceptors (Lipinski definition) is 3. The third kappa shape index (κ3) is 3.33. The van der Waals surface area contributed by atoms with Crippen LogP contribution in [0, 0.1) is 5.92 Å². The second-order valence-corrected chi connectivity index (χ2v) is 7.57. The Morgan fingerprint density at radius 1 is 0.962 bits per heavy atom. The van der Waals surface area contributed by atoms with Crippen molar-refractivity contribution in [1.82, 2.24) is 4.90 Å². The Balaban J connectivity index is 1.59. The maximum Gasteiger partial charge on any atom is 0.308 e. The quantitative estimate of drug-likeness (QED) is 0.588. The summed E-state index contributed by atoms with van der Waals surface area (Å²) in [6.07, 6.45) is 7.35. The molecule has 2 aromatic carbocycles. The van der Waals surface area contributed by atoms with Crippen molar-refractivity contribution < 1.29 is 14.3 Å². The molecule has 136 valence electrons. The number of ether oxygens (including phenoxy) is 1. The fourth-order valence-corrected chi connectivity index (χ4v) is 4.63. The molecule has 1 amide bonds. The van der Waals surface area contributed by atoms with Gasteiger partial charge in [0.15, 0.2) is 0 Å². The second kappa shape index (κ2) is 7.10. The Bertz CT molecular complexity index is 842. The predicted molar refractivity (Wildman–Crippen MR) is 101 cm³/mol. The summed E-state index contributed by atoms with van der Waals surface area (Å²) in [5.74, 6) is 1.05. The van der Waals surface area contributed by atoms with Gasteiger partial charge in [-0.3, -0.25) is 9.59 Å². The van der Waals surface area contributed by atoms with Gasteiger partial charge in [-0.15, -0.1) is 0 Å². The van der Waals surface area contributed by atoms with E-state index in [1.807, 2.05) is 30.3 Å². The summed E-state index contributed by atoms with van der Waals surface area (Å²) < 4.78 is 5.14. The number of rotatable bonds is 2. The molecule has 1 heterocycles. The van der Waals surface area contributed by atoms with E-state index in [1.165, 1.54) is 32.6 Å². The minimum atomic E-state index is -0.330. The minimum Gasteiger partial charge on any atom is -0.427 e. The number of piperidine rings is 1. The highest BCUT2D eigenvalue weighted by Gasteiger charge is 2.35. The molecule has 4 nitrogen and oxygen atoms in total. The molecule has 0 unspecified atom stereocenters. The lowest BCUT2D eigenvalue weighted by molar-refractivity contribution is -0.131. The van der Waals surface area contributed by atoms with E-state index in [0.29, 0.717) is 17.7 Å². The van der Waals surface area contributed by atoms with Crippen molar-refractivity contribution >= 4 is 22.6 Å². The van der Waals surface area contributed by atoms with Gasteiger partial charge in [-0.2, -0.15) is 0 Å². The average molecular weight is 351 g/mol. The molecule has 2 aliphatic rings. The predicted octanol–water partition coefficient (Wildman–Crippen LogP) is 4.56. The van der Waals surface area contributed by atoms with E-state index in [0.717, 1.165) is 35.7 Å². The number of benzene rings is 2. The molecule has 0 N–H and O–H groups in total. The molecule has 26 heavy (non-hydrogen) atoms. The number of nitrogens with zero attached hydrogens (tertiary/aromatic N) is 1. The van der Waals surface area contributed by atoms with E-state index in [1.54, 1.807) is 6.07 Å². The van der Waals surface area contributed by atoms with Gasteiger partial charge in [-0.25, -0.2) is 0 Å². The van der Waals surface area contributed by atoms with E-state index < -0.39 is 0 Å². The van der Waals surface area contributed by atoms with Gasteiger partial charge in [0.25, 0.3) is 5.91 Å². The number of likely N-dealkylation sites (tertiary alicyclic amines) is 1. The molecule has 1 saturated heterocycles. The molecule has 2 fully saturated rings. The lowest BCUT2D eigenvalue weighted by Crippen LogP contribution is -2.49. The number of carbonyl (C=O) groups is 2. The fourth-order valence-electron chi connectivity index (χ4n) is 4.63. The van der Waals surface area contributed by atoms with Crippen LogP contribution in [0.3, 0.4) is 0 Å². The molecule has 1 aliphatic heterocycles. The molecule has 4 heteroatoms. The van der Waals surface area contributed by atoms with Crippen LogP contribution < -0.4 is 4.74 Å². The number of carbonyl (C=O) groups excluding carboxylic acids is 2. The van der Waals surface area contributed by atoms with E-state index in [4.69, 9.17) is 4.74 Å². The maximum absolute atomic E-state index is 13.2. The highest BCUT2D eigenvalue weighted by atomic mass is 16.5. The number of amides is 1. The first-order chi connectivity index (χ1) is 12.6. The van der Waals surface area contributed by atoms with Gasteiger partial charge in [0.05, 0.1) is 0 Å². The normalized spacial score (nSPS) is 22.7. The van der Waals surface area contributed by atoms with Crippen molar-refractivity contribution in [3.8, 4) is 5.75 Å². The molecule has 1 saturated carbocycles. The van der Waals surface area contributed by atoms with E-state index in [9.17, 15) is 9.59 Å². The number of fused-ring (bicyclic) bond motifs is 2. The molecule has 0 aromatic heterocycles. The van der Waals surface area contributed by atoms with Crippen LogP contribution in [0.25, 0.3) is 10.8 Å². The zero-order valence-electron chi connectivity index (χ0n) is 15.2. The van der Waals surface area contributed by atoms with Gasteiger partial charge < -0.3 is 9.64 Å². The highest BCUT2D eigenvalue weighted by Crippen LogP contribution is 2.36. The number of esters is 1. The summed E-state index contributed by atoms with van der Waals surface area (Å²) in [6, 6.07) is 11.7. The molecule has 0 spiro atoms. The standard InChI is InChI=1S/C22H25NO3/c1-15(24)26-20-11-10-17-13-19(9-8-18(17)14-20)22(25)23-12-4-6-16-5-2-3-7-21(16)23/h8-11,13-14,16,21H,2-7,12H2,1H3/t16-,21-/m0/s1. The van der Waals surface area contributed by atoms with Crippen LogP contribution in [-0.4, -0.2) is 29.4 Å². The molecule has 2 aromatic rings. The van der Waals surface area contributed by atoms with Crippen molar-refractivity contribution in [3.63, 3.8) is 0 Å². The summed E-state index contributed by atoms with van der Waals surface area (Å²) >= 11 is 0. The van der Waals surface area contributed by atoms with Crippen molar-refractivity contribution in [2.45, 2.75) is 51.5 Å². The monoisotopic (exact) mass is 351 g/mol. The highest BCUT2D eigenvalue weighted by molar-refractivity contribution is 5.99. The van der Waals surface area contributed by atoms with Crippen molar-refractivity contribution in [1.29, 1.82) is 0 Å². The third-order valence-corrected chi connectivity index (χ3v) is 5.82. The van der Waals surface area contributed by atoms with Crippen molar-refractivity contribution in [3.05, 3.63) is 42.0 Å². The largest absolute Gasteiger partial charge is 0.427 e. The van der Waals surface area contributed by atoms with Crippen LogP contribution in [-0.2, 0) is 4.79 Å². The molecular weight excluding hydrogens is 326 g/mol. The molecule has 0 radical (unpaired) electrons. The lowest BCUT2D eigenvalue weighted by Gasteiger charge is -2.44. The summed E-state index contributed by atoms with van der Waals surface area (Å²) in [7, 11) is 0. The summed E-state index contributed by atoms with van der Waals surface area (Å²) in [6.45, 7) is 2.27. The van der Waals surface area contributed by atoms with Crippen LogP contribution in [0.2, 0.25) is 0 Å². The summed E-state index contributed by atoms with van der Waals surface area (Å²) in [4.78, 5) is 26.4. The Kier molecular flexibility index (Phi) is 4.66. The average Bonchev–Trinajstić information content (AvgIpc) is 2.66. The Hall–Kier alpha value is -2.36. The molecular formula is C22H25NO3. The van der Waals surface area contributed by atoms with Gasteiger partial charge >= 0.3 is 5.97 Å². The topological polar surface area (TPSA) is 46.6 Å². The third-order valence-electron chi connectivity index (χ3n) is 5.82.